The number of rotatable bonds is 5. The van der Waals surface area contributed by atoms with Crippen LogP contribution in [0.25, 0.3) is 11.3 Å². The summed E-state index contributed by atoms with van der Waals surface area (Å²) in [5.41, 5.74) is 4.67. The molecule has 0 aliphatic rings. The molecule has 2 aromatic carbocycles. The van der Waals surface area contributed by atoms with Crippen LogP contribution in [0.3, 0.4) is 0 Å². The Hall–Kier alpha value is -3.13. The molecule has 3 aromatic rings. The Morgan fingerprint density at radius 3 is 2.88 bits per heavy atom. The van der Waals surface area contributed by atoms with Crippen molar-refractivity contribution in [2.75, 3.05) is 5.43 Å². The number of hydrazone groups is 1. The number of anilines is 1. The van der Waals surface area contributed by atoms with Gasteiger partial charge in [0.1, 0.15) is 5.82 Å². The predicted molar refractivity (Wildman–Crippen MR) is 91.8 cm³/mol. The fourth-order valence-electron chi connectivity index (χ4n) is 1.99. The highest BCUT2D eigenvalue weighted by atomic mass is 32.1. The van der Waals surface area contributed by atoms with Crippen LogP contribution < -0.4 is 5.43 Å². The van der Waals surface area contributed by atoms with Gasteiger partial charge in [0.25, 0.3) is 5.69 Å². The molecule has 1 N–H and O–H groups in total. The second-order valence-corrected chi connectivity index (χ2v) is 5.63. The van der Waals surface area contributed by atoms with Crippen LogP contribution in [0.1, 0.15) is 5.56 Å². The second kappa shape index (κ2) is 6.97. The first-order chi connectivity index (χ1) is 11.6. The van der Waals surface area contributed by atoms with Gasteiger partial charge in [-0.25, -0.2) is 9.37 Å². The molecular weight excluding hydrogens is 331 g/mol. The van der Waals surface area contributed by atoms with E-state index < -0.39 is 4.92 Å². The molecule has 1 aromatic heterocycles. The molecule has 120 valence electrons. The first kappa shape index (κ1) is 15.8. The van der Waals surface area contributed by atoms with Gasteiger partial charge in [-0.15, -0.1) is 11.3 Å². The molecule has 0 atom stereocenters. The Morgan fingerprint density at radius 1 is 1.25 bits per heavy atom. The van der Waals surface area contributed by atoms with Crippen molar-refractivity contribution < 1.29 is 9.31 Å². The van der Waals surface area contributed by atoms with E-state index in [9.17, 15) is 14.5 Å². The van der Waals surface area contributed by atoms with Gasteiger partial charge in [0, 0.05) is 23.1 Å². The lowest BCUT2D eigenvalue weighted by Gasteiger charge is -1.97. The number of nitrogens with zero attached hydrogens (tertiary/aromatic N) is 3. The summed E-state index contributed by atoms with van der Waals surface area (Å²) in [6.45, 7) is 0. The zero-order chi connectivity index (χ0) is 16.9. The van der Waals surface area contributed by atoms with E-state index in [0.717, 1.165) is 0 Å². The summed E-state index contributed by atoms with van der Waals surface area (Å²) in [5, 5.41) is 17.1. The summed E-state index contributed by atoms with van der Waals surface area (Å²) < 4.78 is 13.1. The van der Waals surface area contributed by atoms with E-state index in [0.29, 0.717) is 22.0 Å². The number of halogens is 1. The molecule has 0 aliphatic carbocycles. The van der Waals surface area contributed by atoms with Crippen LogP contribution in [0.4, 0.5) is 15.2 Å². The summed E-state index contributed by atoms with van der Waals surface area (Å²) in [4.78, 5) is 14.7. The van der Waals surface area contributed by atoms with Gasteiger partial charge in [-0.2, -0.15) is 5.10 Å². The van der Waals surface area contributed by atoms with E-state index in [1.54, 1.807) is 29.6 Å². The van der Waals surface area contributed by atoms with Crippen LogP contribution in [-0.4, -0.2) is 16.1 Å². The summed E-state index contributed by atoms with van der Waals surface area (Å²) in [7, 11) is 0. The van der Waals surface area contributed by atoms with Crippen LogP contribution in [0.5, 0.6) is 0 Å². The minimum atomic E-state index is -0.446. The highest BCUT2D eigenvalue weighted by molar-refractivity contribution is 7.14. The molecule has 1 heterocycles. The average Bonchev–Trinajstić information content (AvgIpc) is 3.04. The summed E-state index contributed by atoms with van der Waals surface area (Å²) >= 11 is 1.32. The maximum absolute atomic E-state index is 13.1. The van der Waals surface area contributed by atoms with Crippen molar-refractivity contribution in [3.63, 3.8) is 0 Å². The lowest BCUT2D eigenvalue weighted by molar-refractivity contribution is -0.384. The van der Waals surface area contributed by atoms with Crippen LogP contribution in [-0.2, 0) is 0 Å². The third-order valence-corrected chi connectivity index (χ3v) is 3.83. The van der Waals surface area contributed by atoms with Crippen molar-refractivity contribution in [1.29, 1.82) is 0 Å². The number of nitrogens with one attached hydrogen (secondary N) is 1. The maximum atomic E-state index is 13.1. The number of nitro groups is 1. The van der Waals surface area contributed by atoms with Gasteiger partial charge in [0.05, 0.1) is 16.8 Å². The van der Waals surface area contributed by atoms with E-state index in [1.165, 1.54) is 41.8 Å². The summed E-state index contributed by atoms with van der Waals surface area (Å²) in [6, 6.07) is 12.3. The molecule has 0 saturated heterocycles. The molecule has 6 nitrogen and oxygen atoms in total. The standard InChI is InChI=1S/C16H11FN4O2S/c17-13-5-1-3-11(7-13)9-18-20-16-19-15(10-24-16)12-4-2-6-14(8-12)21(22)23/h1-10H,(H,19,20)/b18-9-. The minimum absolute atomic E-state index is 0.0131. The molecule has 0 spiro atoms. The topological polar surface area (TPSA) is 80.4 Å². The Morgan fingerprint density at radius 2 is 2.08 bits per heavy atom. The van der Waals surface area contributed by atoms with Crippen molar-refractivity contribution in [2.24, 2.45) is 5.10 Å². The third kappa shape index (κ3) is 3.79. The second-order valence-electron chi connectivity index (χ2n) is 4.77. The Bertz CT molecular complexity index is 910. The zero-order valence-electron chi connectivity index (χ0n) is 12.2. The fraction of sp³-hybridized carbons (Fsp3) is 0. The zero-order valence-corrected chi connectivity index (χ0v) is 13.0. The van der Waals surface area contributed by atoms with E-state index >= 15 is 0 Å². The third-order valence-electron chi connectivity index (χ3n) is 3.08. The molecule has 0 aliphatic heterocycles. The molecule has 0 bridgehead atoms. The van der Waals surface area contributed by atoms with Crippen LogP contribution in [0.15, 0.2) is 59.0 Å². The molecule has 0 unspecified atom stereocenters. The van der Waals surface area contributed by atoms with Gasteiger partial charge in [0.15, 0.2) is 0 Å². The monoisotopic (exact) mass is 342 g/mol. The van der Waals surface area contributed by atoms with E-state index in [-0.39, 0.29) is 11.5 Å². The molecule has 0 amide bonds. The van der Waals surface area contributed by atoms with Gasteiger partial charge in [0.2, 0.25) is 5.13 Å². The van der Waals surface area contributed by atoms with Crippen molar-refractivity contribution in [3.8, 4) is 11.3 Å². The van der Waals surface area contributed by atoms with Gasteiger partial charge in [-0.3, -0.25) is 15.5 Å². The number of benzene rings is 2. The summed E-state index contributed by atoms with van der Waals surface area (Å²) in [5.74, 6) is -0.332. The number of hydrogen-bond donors (Lipinski definition) is 1. The predicted octanol–water partition coefficient (Wildman–Crippen LogP) is 4.30. The van der Waals surface area contributed by atoms with Crippen molar-refractivity contribution in [1.82, 2.24) is 4.98 Å². The minimum Gasteiger partial charge on any atom is -0.258 e. The summed E-state index contributed by atoms with van der Waals surface area (Å²) in [6.07, 6.45) is 1.48. The number of non-ortho nitro benzene ring substituents is 1. The van der Waals surface area contributed by atoms with E-state index in [1.807, 2.05) is 0 Å². The Balaban J connectivity index is 1.72. The lowest BCUT2D eigenvalue weighted by Crippen LogP contribution is -1.91. The highest BCUT2D eigenvalue weighted by Gasteiger charge is 2.09. The Labute approximate surface area is 140 Å². The molecule has 0 fully saturated rings. The van der Waals surface area contributed by atoms with Crippen LogP contribution in [0, 0.1) is 15.9 Å². The largest absolute Gasteiger partial charge is 0.270 e. The smallest absolute Gasteiger partial charge is 0.258 e. The molecule has 0 saturated carbocycles. The number of aromatic nitrogens is 1. The van der Waals surface area contributed by atoms with Gasteiger partial charge in [-0.1, -0.05) is 24.3 Å². The molecule has 24 heavy (non-hydrogen) atoms. The fourth-order valence-corrected chi connectivity index (χ4v) is 2.65. The number of thiazole rings is 1. The Kier molecular flexibility index (Phi) is 4.57. The average molecular weight is 342 g/mol. The quantitative estimate of drug-likeness (QED) is 0.426. The highest BCUT2D eigenvalue weighted by Crippen LogP contribution is 2.27. The van der Waals surface area contributed by atoms with Gasteiger partial charge >= 0.3 is 0 Å². The molecule has 0 radical (unpaired) electrons. The van der Waals surface area contributed by atoms with Crippen molar-refractivity contribution in [2.45, 2.75) is 0 Å². The van der Waals surface area contributed by atoms with Gasteiger partial charge < -0.3 is 0 Å². The molecule has 3 rings (SSSR count). The van der Waals surface area contributed by atoms with E-state index in [4.69, 9.17) is 0 Å². The van der Waals surface area contributed by atoms with Crippen LogP contribution >= 0.6 is 11.3 Å². The SMILES string of the molecule is O=[N+]([O-])c1cccc(-c2csc(N/N=C\c3cccc(F)c3)n2)c1. The number of hydrogen-bond acceptors (Lipinski definition) is 6. The van der Waals surface area contributed by atoms with Crippen molar-refractivity contribution >= 4 is 28.4 Å². The van der Waals surface area contributed by atoms with Crippen molar-refractivity contribution in [3.05, 3.63) is 75.4 Å². The number of nitro benzene ring substituents is 1. The normalized spacial score (nSPS) is 10.9. The van der Waals surface area contributed by atoms with E-state index in [2.05, 4.69) is 15.5 Å². The van der Waals surface area contributed by atoms with Crippen LogP contribution in [0.2, 0.25) is 0 Å². The molecule has 8 heteroatoms. The molecular formula is C16H11FN4O2S. The maximum Gasteiger partial charge on any atom is 0.270 e. The first-order valence-corrected chi connectivity index (χ1v) is 7.75. The van der Waals surface area contributed by atoms with Gasteiger partial charge in [-0.05, 0) is 17.7 Å². The first-order valence-electron chi connectivity index (χ1n) is 6.87. The lowest BCUT2D eigenvalue weighted by atomic mass is 10.1.